The van der Waals surface area contributed by atoms with Gasteiger partial charge < -0.3 is 0 Å². The second kappa shape index (κ2) is 8.88. The summed E-state index contributed by atoms with van der Waals surface area (Å²) in [5.74, 6) is -1.19. The summed E-state index contributed by atoms with van der Waals surface area (Å²) < 4.78 is 27.5. The van der Waals surface area contributed by atoms with Crippen LogP contribution in [0.25, 0.3) is 0 Å². The predicted molar refractivity (Wildman–Crippen MR) is 104 cm³/mol. The topological polar surface area (TPSA) is 104 Å². The molecular formula is C18H20ClN3O4S. The number of benzene rings is 2. The van der Waals surface area contributed by atoms with Gasteiger partial charge in [-0.25, -0.2) is 8.42 Å². The lowest BCUT2D eigenvalue weighted by Gasteiger charge is -2.12. The first-order chi connectivity index (χ1) is 12.7. The quantitative estimate of drug-likeness (QED) is 0.638. The van der Waals surface area contributed by atoms with Crippen molar-refractivity contribution in [2.75, 3.05) is 4.72 Å². The molecule has 0 bridgehead atoms. The van der Waals surface area contributed by atoms with Gasteiger partial charge in [-0.05, 0) is 42.8 Å². The van der Waals surface area contributed by atoms with E-state index in [0.717, 1.165) is 0 Å². The molecule has 1 atom stereocenters. The van der Waals surface area contributed by atoms with Crippen molar-refractivity contribution in [2.24, 2.45) is 5.92 Å². The zero-order chi connectivity index (χ0) is 20.0. The Morgan fingerprint density at radius 3 is 2.44 bits per heavy atom. The molecule has 0 spiro atoms. The third-order valence-electron chi connectivity index (χ3n) is 3.84. The van der Waals surface area contributed by atoms with E-state index in [4.69, 9.17) is 11.6 Å². The minimum absolute atomic E-state index is 0.0911. The van der Waals surface area contributed by atoms with Crippen LogP contribution in [-0.2, 0) is 14.8 Å². The first kappa shape index (κ1) is 20.7. The molecule has 2 rings (SSSR count). The fourth-order valence-electron chi connectivity index (χ4n) is 2.07. The number of sulfonamides is 1. The lowest BCUT2D eigenvalue weighted by molar-refractivity contribution is -0.125. The zero-order valence-electron chi connectivity index (χ0n) is 14.8. The number of anilines is 1. The van der Waals surface area contributed by atoms with E-state index >= 15 is 0 Å². The molecule has 144 valence electrons. The molecular weight excluding hydrogens is 390 g/mol. The minimum atomic E-state index is -3.91. The molecule has 0 aliphatic rings. The van der Waals surface area contributed by atoms with Gasteiger partial charge in [0.25, 0.3) is 15.9 Å². The van der Waals surface area contributed by atoms with Crippen molar-refractivity contribution in [1.29, 1.82) is 0 Å². The van der Waals surface area contributed by atoms with Crippen molar-refractivity contribution in [2.45, 2.75) is 25.2 Å². The van der Waals surface area contributed by atoms with Crippen LogP contribution < -0.4 is 15.6 Å². The molecule has 0 heterocycles. The van der Waals surface area contributed by atoms with Gasteiger partial charge in [0.05, 0.1) is 10.6 Å². The summed E-state index contributed by atoms with van der Waals surface area (Å²) in [5, 5.41) is 0.389. The Morgan fingerprint density at radius 1 is 1.07 bits per heavy atom. The molecule has 0 radical (unpaired) electrons. The Kier molecular flexibility index (Phi) is 6.81. The van der Waals surface area contributed by atoms with Gasteiger partial charge in [-0.2, -0.15) is 0 Å². The number of hydrazine groups is 1. The van der Waals surface area contributed by atoms with Crippen molar-refractivity contribution < 1.29 is 18.0 Å². The molecule has 27 heavy (non-hydrogen) atoms. The van der Waals surface area contributed by atoms with Crippen LogP contribution in [0.1, 0.15) is 30.6 Å². The number of hydrogen-bond acceptors (Lipinski definition) is 4. The van der Waals surface area contributed by atoms with Crippen LogP contribution in [0.15, 0.2) is 53.4 Å². The maximum absolute atomic E-state index is 12.5. The number of halogens is 1. The Bertz CT molecular complexity index is 947. The molecule has 2 aromatic rings. The number of nitrogens with one attached hydrogen (secondary N) is 3. The second-order valence-corrected chi connectivity index (χ2v) is 8.02. The highest BCUT2D eigenvalue weighted by atomic mass is 35.5. The van der Waals surface area contributed by atoms with E-state index in [1.807, 2.05) is 6.92 Å². The van der Waals surface area contributed by atoms with E-state index in [0.29, 0.717) is 17.1 Å². The molecule has 0 saturated heterocycles. The van der Waals surface area contributed by atoms with Crippen LogP contribution in [0, 0.1) is 5.92 Å². The Balaban J connectivity index is 2.14. The molecule has 0 saturated carbocycles. The monoisotopic (exact) mass is 409 g/mol. The lowest BCUT2D eigenvalue weighted by Crippen LogP contribution is -2.44. The maximum Gasteiger partial charge on any atom is 0.269 e. The first-order valence-electron chi connectivity index (χ1n) is 8.21. The second-order valence-electron chi connectivity index (χ2n) is 5.90. The van der Waals surface area contributed by atoms with E-state index in [1.54, 1.807) is 25.1 Å². The van der Waals surface area contributed by atoms with Crippen molar-refractivity contribution in [3.05, 3.63) is 59.1 Å². The van der Waals surface area contributed by atoms with Crippen molar-refractivity contribution in [1.82, 2.24) is 10.9 Å². The molecule has 9 heteroatoms. The highest BCUT2D eigenvalue weighted by Gasteiger charge is 2.17. The van der Waals surface area contributed by atoms with Gasteiger partial charge in [0.2, 0.25) is 5.91 Å². The number of carbonyl (C=O) groups excluding carboxylic acids is 2. The van der Waals surface area contributed by atoms with Gasteiger partial charge >= 0.3 is 0 Å². The molecule has 0 aromatic heterocycles. The third kappa shape index (κ3) is 5.70. The van der Waals surface area contributed by atoms with Crippen LogP contribution in [0.5, 0.6) is 0 Å². The van der Waals surface area contributed by atoms with Gasteiger partial charge in [0.15, 0.2) is 0 Å². The fourth-order valence-corrected chi connectivity index (χ4v) is 3.35. The van der Waals surface area contributed by atoms with Crippen LogP contribution in [0.2, 0.25) is 5.02 Å². The van der Waals surface area contributed by atoms with E-state index in [-0.39, 0.29) is 22.3 Å². The molecule has 0 aliphatic carbocycles. The molecule has 0 unspecified atom stereocenters. The summed E-state index contributed by atoms with van der Waals surface area (Å²) >= 11 is 5.86. The molecule has 0 aliphatic heterocycles. The van der Waals surface area contributed by atoms with Crippen LogP contribution in [0.4, 0.5) is 5.69 Å². The largest absolute Gasteiger partial charge is 0.280 e. The van der Waals surface area contributed by atoms with Gasteiger partial charge in [-0.1, -0.05) is 37.6 Å². The van der Waals surface area contributed by atoms with Crippen LogP contribution in [-0.4, -0.2) is 20.2 Å². The summed E-state index contributed by atoms with van der Waals surface area (Å²) in [6, 6.07) is 11.7. The zero-order valence-corrected chi connectivity index (χ0v) is 16.4. The average molecular weight is 410 g/mol. The number of amides is 2. The predicted octanol–water partition coefficient (Wildman–Crippen LogP) is 2.95. The van der Waals surface area contributed by atoms with Gasteiger partial charge in [-0.15, -0.1) is 0 Å². The SMILES string of the molecule is CC[C@@H](C)C(=O)NNC(=O)c1cccc(S(=O)(=O)Nc2cccc(Cl)c2)c1. The summed E-state index contributed by atoms with van der Waals surface area (Å²) in [4.78, 5) is 23.8. The molecule has 0 fully saturated rings. The highest BCUT2D eigenvalue weighted by molar-refractivity contribution is 7.92. The molecule has 7 nitrogen and oxygen atoms in total. The number of hydrogen-bond donors (Lipinski definition) is 3. The summed E-state index contributed by atoms with van der Waals surface area (Å²) in [6.45, 7) is 3.59. The average Bonchev–Trinajstić information content (AvgIpc) is 2.64. The Labute approximate surface area is 163 Å². The van der Waals surface area contributed by atoms with Crippen molar-refractivity contribution in [3.63, 3.8) is 0 Å². The summed E-state index contributed by atoms with van der Waals surface area (Å²) in [6.07, 6.45) is 0.630. The summed E-state index contributed by atoms with van der Waals surface area (Å²) in [7, 11) is -3.91. The standard InChI is InChI=1S/C18H20ClN3O4S/c1-3-12(2)17(23)20-21-18(24)13-6-4-9-16(10-13)27(25,26)22-15-8-5-7-14(19)11-15/h4-12,22H,3H2,1-2H3,(H,20,23)(H,21,24)/t12-/m1/s1. The van der Waals surface area contributed by atoms with Crippen molar-refractivity contribution in [3.8, 4) is 0 Å². The van der Waals surface area contributed by atoms with Crippen LogP contribution in [0.3, 0.4) is 0 Å². The van der Waals surface area contributed by atoms with Crippen molar-refractivity contribution >= 4 is 39.1 Å². The van der Waals surface area contributed by atoms with E-state index in [9.17, 15) is 18.0 Å². The van der Waals surface area contributed by atoms with E-state index < -0.39 is 15.9 Å². The third-order valence-corrected chi connectivity index (χ3v) is 5.46. The molecule has 2 aromatic carbocycles. The Hall–Kier alpha value is -2.58. The van der Waals surface area contributed by atoms with E-state index in [2.05, 4.69) is 15.6 Å². The molecule has 2 amide bonds. The smallest absolute Gasteiger partial charge is 0.269 e. The van der Waals surface area contributed by atoms with Crippen LogP contribution >= 0.6 is 11.6 Å². The Morgan fingerprint density at radius 2 is 1.78 bits per heavy atom. The number of rotatable bonds is 6. The van der Waals surface area contributed by atoms with Gasteiger partial charge in [0, 0.05) is 16.5 Å². The minimum Gasteiger partial charge on any atom is -0.280 e. The highest BCUT2D eigenvalue weighted by Crippen LogP contribution is 2.20. The fraction of sp³-hybridized carbons (Fsp3) is 0.222. The molecule has 3 N–H and O–H groups in total. The van der Waals surface area contributed by atoms with E-state index in [1.165, 1.54) is 30.3 Å². The first-order valence-corrected chi connectivity index (χ1v) is 10.1. The van der Waals surface area contributed by atoms with Gasteiger partial charge in [-0.3, -0.25) is 25.2 Å². The maximum atomic E-state index is 12.5. The normalized spacial score (nSPS) is 12.1. The summed E-state index contributed by atoms with van der Waals surface area (Å²) in [5.41, 5.74) is 4.99. The lowest BCUT2D eigenvalue weighted by atomic mass is 10.1. The van der Waals surface area contributed by atoms with Gasteiger partial charge in [0.1, 0.15) is 0 Å². The number of carbonyl (C=O) groups is 2.